The lowest BCUT2D eigenvalue weighted by atomic mass is 10.1. The highest BCUT2D eigenvalue weighted by Gasteiger charge is 2.26. The Balaban J connectivity index is 1.37. The van der Waals surface area contributed by atoms with Crippen LogP contribution in [-0.2, 0) is 0 Å². The minimum Gasteiger partial charge on any atom is -0.495 e. The number of carbonyl (C=O) groups is 1. The number of amides is 1. The van der Waals surface area contributed by atoms with E-state index in [9.17, 15) is 4.79 Å². The number of aromatic nitrogens is 4. The van der Waals surface area contributed by atoms with Crippen molar-refractivity contribution in [3.05, 3.63) is 72.8 Å². The third-order valence-corrected chi connectivity index (χ3v) is 5.56. The summed E-state index contributed by atoms with van der Waals surface area (Å²) in [5.74, 6) is 2.20. The van der Waals surface area contributed by atoms with Crippen molar-refractivity contribution >= 4 is 22.6 Å². The average molecular weight is 414 g/mol. The first kappa shape index (κ1) is 19.0. The van der Waals surface area contributed by atoms with E-state index in [2.05, 4.69) is 19.9 Å². The van der Waals surface area contributed by atoms with Crippen molar-refractivity contribution in [2.24, 2.45) is 0 Å². The summed E-state index contributed by atoms with van der Waals surface area (Å²) in [5, 5.41) is 0.902. The van der Waals surface area contributed by atoms with E-state index >= 15 is 0 Å². The van der Waals surface area contributed by atoms with E-state index < -0.39 is 0 Å². The molecule has 1 saturated heterocycles. The van der Waals surface area contributed by atoms with E-state index in [1.54, 1.807) is 31.8 Å². The van der Waals surface area contributed by atoms with Crippen molar-refractivity contribution in [2.75, 3.05) is 38.2 Å². The van der Waals surface area contributed by atoms with Gasteiger partial charge in [0.05, 0.1) is 24.4 Å². The van der Waals surface area contributed by atoms with Crippen LogP contribution in [0.5, 0.6) is 5.75 Å². The van der Waals surface area contributed by atoms with Gasteiger partial charge in [-0.25, -0.2) is 15.0 Å². The lowest BCUT2D eigenvalue weighted by Crippen LogP contribution is -2.49. The first-order chi connectivity index (χ1) is 15.2. The number of hydrogen-bond donors (Lipinski definition) is 0. The van der Waals surface area contributed by atoms with Crippen molar-refractivity contribution in [3.63, 3.8) is 0 Å². The molecule has 1 fully saturated rings. The maximum Gasteiger partial charge on any atom is 0.256 e. The Hall–Kier alpha value is -3.94. The molecule has 0 bridgehead atoms. The van der Waals surface area contributed by atoms with E-state index in [4.69, 9.17) is 4.74 Å². The summed E-state index contributed by atoms with van der Waals surface area (Å²) in [6, 6.07) is 13.5. The zero-order valence-corrected chi connectivity index (χ0v) is 17.2. The molecule has 0 spiro atoms. The zero-order chi connectivity index (χ0) is 21.2. The number of anilines is 1. The molecule has 0 aliphatic carbocycles. The summed E-state index contributed by atoms with van der Waals surface area (Å²) in [6.07, 6.45) is 6.96. The average Bonchev–Trinajstić information content (AvgIpc) is 3.24. The van der Waals surface area contributed by atoms with E-state index in [-0.39, 0.29) is 5.91 Å². The number of carbonyl (C=O) groups excluding carboxylic acids is 1. The van der Waals surface area contributed by atoms with Crippen LogP contribution in [0, 0.1) is 0 Å². The number of methoxy groups -OCH3 is 1. The minimum absolute atomic E-state index is 0.0215. The zero-order valence-electron chi connectivity index (χ0n) is 17.2. The molecule has 5 rings (SSSR count). The molecule has 3 aromatic heterocycles. The number of pyridine rings is 1. The monoisotopic (exact) mass is 414 g/mol. The Morgan fingerprint density at radius 2 is 1.71 bits per heavy atom. The second-order valence-electron chi connectivity index (χ2n) is 7.31. The molecule has 1 aliphatic rings. The van der Waals surface area contributed by atoms with Crippen molar-refractivity contribution in [1.29, 1.82) is 0 Å². The number of nitrogens with zero attached hydrogens (tertiary/aromatic N) is 6. The van der Waals surface area contributed by atoms with E-state index in [0.717, 1.165) is 35.6 Å². The summed E-state index contributed by atoms with van der Waals surface area (Å²) in [5.41, 5.74) is 1.58. The Bertz CT molecular complexity index is 1200. The van der Waals surface area contributed by atoms with Crippen LogP contribution in [0.15, 0.2) is 67.3 Å². The molecular formula is C23H22N6O2. The van der Waals surface area contributed by atoms with Crippen LogP contribution in [0.1, 0.15) is 10.4 Å². The molecule has 8 heteroatoms. The molecule has 31 heavy (non-hydrogen) atoms. The van der Waals surface area contributed by atoms with Gasteiger partial charge >= 0.3 is 0 Å². The quantitative estimate of drug-likeness (QED) is 0.511. The van der Waals surface area contributed by atoms with Gasteiger partial charge in [0.15, 0.2) is 0 Å². The van der Waals surface area contributed by atoms with Gasteiger partial charge in [-0.1, -0.05) is 18.2 Å². The number of rotatable bonds is 4. The summed E-state index contributed by atoms with van der Waals surface area (Å²) in [7, 11) is 1.63. The van der Waals surface area contributed by atoms with Crippen molar-refractivity contribution in [2.45, 2.75) is 0 Å². The fourth-order valence-corrected chi connectivity index (χ4v) is 3.92. The smallest absolute Gasteiger partial charge is 0.256 e. The summed E-state index contributed by atoms with van der Waals surface area (Å²) >= 11 is 0. The van der Waals surface area contributed by atoms with Crippen LogP contribution in [0.2, 0.25) is 0 Å². The van der Waals surface area contributed by atoms with Crippen LogP contribution in [0.3, 0.4) is 0 Å². The lowest BCUT2D eigenvalue weighted by Gasteiger charge is -2.35. The standard InChI is InChI=1S/C23H22N6O2/c1-31-17-7-8-21(26-15-17)27-11-13-28(14-12-27)22(30)19-16-29(23-24-9-4-10-25-23)20-6-3-2-5-18(19)20/h2-10,15-16H,11-14H2,1H3. The maximum atomic E-state index is 13.4. The second kappa shape index (κ2) is 8.06. The Morgan fingerprint density at radius 1 is 0.935 bits per heavy atom. The number of benzene rings is 1. The van der Waals surface area contributed by atoms with E-state index in [1.807, 2.05) is 52.1 Å². The molecular weight excluding hydrogens is 392 g/mol. The molecule has 1 aliphatic heterocycles. The molecule has 0 saturated carbocycles. The van der Waals surface area contributed by atoms with Gasteiger partial charge in [0.1, 0.15) is 11.6 Å². The molecule has 156 valence electrons. The fourth-order valence-electron chi connectivity index (χ4n) is 3.92. The number of fused-ring (bicyclic) bond motifs is 1. The second-order valence-corrected chi connectivity index (χ2v) is 7.31. The number of piperazine rings is 1. The van der Waals surface area contributed by atoms with Gasteiger partial charge in [-0.3, -0.25) is 9.36 Å². The first-order valence-corrected chi connectivity index (χ1v) is 10.2. The number of ether oxygens (including phenoxy) is 1. The van der Waals surface area contributed by atoms with Gasteiger partial charge in [0.2, 0.25) is 5.95 Å². The van der Waals surface area contributed by atoms with Crippen LogP contribution in [-0.4, -0.2) is 63.6 Å². The Kier molecular flexibility index (Phi) is 4.95. The predicted molar refractivity (Wildman–Crippen MR) is 118 cm³/mol. The molecule has 1 amide bonds. The summed E-state index contributed by atoms with van der Waals surface area (Å²) in [6.45, 7) is 2.72. The summed E-state index contributed by atoms with van der Waals surface area (Å²) < 4.78 is 7.05. The van der Waals surface area contributed by atoms with Crippen LogP contribution >= 0.6 is 0 Å². The maximum absolute atomic E-state index is 13.4. The predicted octanol–water partition coefficient (Wildman–Crippen LogP) is 2.79. The topological polar surface area (TPSA) is 76.4 Å². The SMILES string of the molecule is COc1ccc(N2CCN(C(=O)c3cn(-c4ncccn4)c4ccccc34)CC2)nc1. The van der Waals surface area contributed by atoms with Crippen molar-refractivity contribution < 1.29 is 9.53 Å². The summed E-state index contributed by atoms with van der Waals surface area (Å²) in [4.78, 5) is 30.6. The van der Waals surface area contributed by atoms with Crippen LogP contribution in [0.25, 0.3) is 16.9 Å². The normalized spacial score (nSPS) is 14.1. The molecule has 0 N–H and O–H groups in total. The fraction of sp³-hybridized carbons (Fsp3) is 0.217. The largest absolute Gasteiger partial charge is 0.495 e. The molecule has 8 nitrogen and oxygen atoms in total. The highest BCUT2D eigenvalue weighted by molar-refractivity contribution is 6.07. The highest BCUT2D eigenvalue weighted by atomic mass is 16.5. The van der Waals surface area contributed by atoms with Gasteiger partial charge in [0, 0.05) is 50.2 Å². The van der Waals surface area contributed by atoms with Crippen LogP contribution in [0.4, 0.5) is 5.82 Å². The van der Waals surface area contributed by atoms with Crippen molar-refractivity contribution in [1.82, 2.24) is 24.4 Å². The van der Waals surface area contributed by atoms with E-state index in [1.165, 1.54) is 0 Å². The number of hydrogen-bond acceptors (Lipinski definition) is 6. The van der Waals surface area contributed by atoms with Gasteiger partial charge in [-0.2, -0.15) is 0 Å². The van der Waals surface area contributed by atoms with Crippen molar-refractivity contribution in [3.8, 4) is 11.7 Å². The molecule has 4 aromatic rings. The molecule has 4 heterocycles. The minimum atomic E-state index is 0.0215. The first-order valence-electron chi connectivity index (χ1n) is 10.2. The Labute approximate surface area is 179 Å². The third kappa shape index (κ3) is 3.56. The van der Waals surface area contributed by atoms with Gasteiger partial charge in [-0.15, -0.1) is 0 Å². The lowest BCUT2D eigenvalue weighted by molar-refractivity contribution is 0.0748. The van der Waals surface area contributed by atoms with Gasteiger partial charge < -0.3 is 14.5 Å². The van der Waals surface area contributed by atoms with Gasteiger partial charge in [-0.05, 0) is 24.3 Å². The molecule has 0 unspecified atom stereocenters. The van der Waals surface area contributed by atoms with E-state index in [0.29, 0.717) is 24.6 Å². The molecule has 0 radical (unpaired) electrons. The number of para-hydroxylation sites is 1. The molecule has 1 aromatic carbocycles. The van der Waals surface area contributed by atoms with Gasteiger partial charge in [0.25, 0.3) is 5.91 Å². The molecule has 0 atom stereocenters. The third-order valence-electron chi connectivity index (χ3n) is 5.56. The highest BCUT2D eigenvalue weighted by Crippen LogP contribution is 2.25. The Morgan fingerprint density at radius 3 is 2.42 bits per heavy atom. The van der Waals surface area contributed by atoms with Crippen LogP contribution < -0.4 is 9.64 Å².